The predicted molar refractivity (Wildman–Crippen MR) is 126 cm³/mol. The van der Waals surface area contributed by atoms with Crippen LogP contribution in [0.25, 0.3) is 4.96 Å². The summed E-state index contributed by atoms with van der Waals surface area (Å²) in [4.78, 5) is 42.5. The van der Waals surface area contributed by atoms with E-state index < -0.39 is 11.9 Å². The molecule has 0 fully saturated rings. The van der Waals surface area contributed by atoms with Gasteiger partial charge in [0.1, 0.15) is 11.6 Å². The first-order valence-corrected chi connectivity index (χ1v) is 11.4. The van der Waals surface area contributed by atoms with Crippen LogP contribution in [0.3, 0.4) is 0 Å². The molecule has 2 aromatic heterocycles. The van der Waals surface area contributed by atoms with E-state index in [9.17, 15) is 14.4 Å². The largest absolute Gasteiger partial charge is 0.456 e. The number of fused-ring (bicyclic) bond motifs is 1. The molecule has 1 N–H and O–H groups in total. The van der Waals surface area contributed by atoms with Crippen LogP contribution in [-0.2, 0) is 17.8 Å². The molecule has 4 rings (SSSR count). The number of nitrogens with zero attached hydrogens (tertiary/aromatic N) is 3. The molecule has 0 aliphatic heterocycles. The summed E-state index contributed by atoms with van der Waals surface area (Å²) in [6.45, 7) is 1.84. The zero-order valence-electron chi connectivity index (χ0n) is 17.6. The average molecular weight is 483 g/mol. The smallest absolute Gasteiger partial charge is 0.340 e. The lowest BCUT2D eigenvalue weighted by Gasteiger charge is -2.11. The monoisotopic (exact) mass is 482 g/mol. The minimum atomic E-state index is -0.657. The Bertz CT molecular complexity index is 1400. The van der Waals surface area contributed by atoms with Gasteiger partial charge in [-0.1, -0.05) is 48.1 Å². The molecule has 0 saturated heterocycles. The summed E-state index contributed by atoms with van der Waals surface area (Å²) < 4.78 is 6.63. The molecular formula is C23H19ClN4O4S. The van der Waals surface area contributed by atoms with E-state index in [0.717, 1.165) is 17.8 Å². The zero-order chi connectivity index (χ0) is 23.4. The Balaban J connectivity index is 1.49. The molecule has 0 unspecified atom stereocenters. The Morgan fingerprint density at radius 1 is 1.15 bits per heavy atom. The van der Waals surface area contributed by atoms with Gasteiger partial charge in [0.05, 0.1) is 16.9 Å². The van der Waals surface area contributed by atoms with Crippen LogP contribution in [0, 0.1) is 0 Å². The quantitative estimate of drug-likeness (QED) is 0.392. The SMILES string of the molecule is CCCc1nn2c(=O)cc(COC(=O)c3ccccc3NC(=O)c3cccc(Cl)c3)nc2s1. The number of nitrogens with one attached hydrogen (secondary N) is 1. The summed E-state index contributed by atoms with van der Waals surface area (Å²) in [5.74, 6) is -1.07. The Hall–Kier alpha value is -3.56. The van der Waals surface area contributed by atoms with Crippen molar-refractivity contribution in [3.63, 3.8) is 0 Å². The van der Waals surface area contributed by atoms with E-state index in [-0.39, 0.29) is 17.7 Å². The molecule has 8 nitrogen and oxygen atoms in total. The summed E-state index contributed by atoms with van der Waals surface area (Å²) in [6, 6.07) is 14.3. The minimum Gasteiger partial charge on any atom is -0.456 e. The maximum absolute atomic E-state index is 12.7. The number of carbonyl (C=O) groups is 2. The van der Waals surface area contributed by atoms with Gasteiger partial charge in [-0.15, -0.1) is 0 Å². The standard InChI is InChI=1S/C23H19ClN4O4S/c1-2-6-19-27-28-20(29)12-16(25-23(28)33-19)13-32-22(31)17-9-3-4-10-18(17)26-21(30)14-7-5-8-15(24)11-14/h3-5,7-12H,2,6,13H2,1H3,(H,26,30). The van der Waals surface area contributed by atoms with Crippen LogP contribution < -0.4 is 10.9 Å². The number of benzene rings is 2. The van der Waals surface area contributed by atoms with Gasteiger partial charge in [0.15, 0.2) is 0 Å². The van der Waals surface area contributed by atoms with E-state index >= 15 is 0 Å². The minimum absolute atomic E-state index is 0.175. The van der Waals surface area contributed by atoms with E-state index in [1.165, 1.54) is 28.0 Å². The summed E-state index contributed by atoms with van der Waals surface area (Å²) in [5, 5.41) is 8.22. The number of hydrogen-bond acceptors (Lipinski definition) is 7. The Labute approximate surface area is 197 Å². The van der Waals surface area contributed by atoms with E-state index in [2.05, 4.69) is 15.4 Å². The lowest BCUT2D eigenvalue weighted by molar-refractivity contribution is 0.0469. The van der Waals surface area contributed by atoms with E-state index in [0.29, 0.717) is 26.9 Å². The molecule has 0 bridgehead atoms. The molecule has 2 aromatic carbocycles. The maximum Gasteiger partial charge on any atom is 0.340 e. The number of ether oxygens (including phenoxy) is 1. The fourth-order valence-electron chi connectivity index (χ4n) is 3.10. The van der Waals surface area contributed by atoms with Gasteiger partial charge >= 0.3 is 5.97 Å². The Kier molecular flexibility index (Phi) is 6.81. The number of aromatic nitrogens is 3. The van der Waals surface area contributed by atoms with Crippen LogP contribution in [-0.4, -0.2) is 26.5 Å². The van der Waals surface area contributed by atoms with Gasteiger partial charge in [-0.3, -0.25) is 9.59 Å². The zero-order valence-corrected chi connectivity index (χ0v) is 19.2. The van der Waals surface area contributed by atoms with Crippen LogP contribution in [0.2, 0.25) is 5.02 Å². The molecular weight excluding hydrogens is 464 g/mol. The molecule has 1 amide bonds. The summed E-state index contributed by atoms with van der Waals surface area (Å²) >= 11 is 7.28. The molecule has 0 radical (unpaired) electrons. The highest BCUT2D eigenvalue weighted by Crippen LogP contribution is 2.19. The number of hydrogen-bond donors (Lipinski definition) is 1. The molecule has 0 aliphatic carbocycles. The van der Waals surface area contributed by atoms with E-state index in [1.807, 2.05) is 6.92 Å². The molecule has 0 aliphatic rings. The van der Waals surface area contributed by atoms with E-state index in [4.69, 9.17) is 16.3 Å². The summed E-state index contributed by atoms with van der Waals surface area (Å²) in [6.07, 6.45) is 1.67. The van der Waals surface area contributed by atoms with Crippen molar-refractivity contribution in [3.8, 4) is 0 Å². The molecule has 2 heterocycles. The first-order valence-electron chi connectivity index (χ1n) is 10.2. The predicted octanol–water partition coefficient (Wildman–Crippen LogP) is 4.37. The number of carbonyl (C=O) groups excluding carboxylic acids is 2. The van der Waals surface area contributed by atoms with Crippen molar-refractivity contribution in [3.05, 3.63) is 91.8 Å². The van der Waals surface area contributed by atoms with Crippen LogP contribution >= 0.6 is 22.9 Å². The molecule has 10 heteroatoms. The van der Waals surface area contributed by atoms with Gasteiger partial charge in [-0.05, 0) is 36.8 Å². The third-order valence-corrected chi connectivity index (χ3v) is 5.84. The van der Waals surface area contributed by atoms with Crippen LogP contribution in [0.4, 0.5) is 5.69 Å². The average Bonchev–Trinajstić information content (AvgIpc) is 3.21. The molecule has 0 spiro atoms. The van der Waals surface area contributed by atoms with E-state index in [1.54, 1.807) is 42.5 Å². The van der Waals surface area contributed by atoms with Gasteiger partial charge in [-0.2, -0.15) is 9.61 Å². The van der Waals surface area contributed by atoms with Crippen molar-refractivity contribution in [2.24, 2.45) is 0 Å². The highest BCUT2D eigenvalue weighted by atomic mass is 35.5. The number of rotatable bonds is 7. The lowest BCUT2D eigenvalue weighted by atomic mass is 10.1. The topological polar surface area (TPSA) is 103 Å². The van der Waals surface area contributed by atoms with Crippen molar-refractivity contribution in [1.82, 2.24) is 14.6 Å². The molecule has 33 heavy (non-hydrogen) atoms. The second kappa shape index (κ2) is 9.93. The second-order valence-corrected chi connectivity index (χ2v) is 8.59. The number of para-hydroxylation sites is 1. The van der Waals surface area contributed by atoms with Crippen LogP contribution in [0.5, 0.6) is 0 Å². The van der Waals surface area contributed by atoms with Crippen molar-refractivity contribution in [2.45, 2.75) is 26.4 Å². The van der Waals surface area contributed by atoms with Gasteiger partial charge < -0.3 is 10.1 Å². The summed E-state index contributed by atoms with van der Waals surface area (Å²) in [5.41, 5.74) is 0.811. The molecule has 4 aromatic rings. The van der Waals surface area contributed by atoms with Gasteiger partial charge in [0.2, 0.25) is 4.96 Å². The fourth-order valence-corrected chi connectivity index (χ4v) is 4.31. The second-order valence-electron chi connectivity index (χ2n) is 7.11. The first-order chi connectivity index (χ1) is 15.9. The number of amides is 1. The van der Waals surface area contributed by atoms with Crippen molar-refractivity contribution < 1.29 is 14.3 Å². The third-order valence-electron chi connectivity index (χ3n) is 4.64. The van der Waals surface area contributed by atoms with Crippen LogP contribution in [0.15, 0.2) is 59.4 Å². The Morgan fingerprint density at radius 2 is 1.97 bits per heavy atom. The highest BCUT2D eigenvalue weighted by molar-refractivity contribution is 7.16. The summed E-state index contributed by atoms with van der Waals surface area (Å²) in [7, 11) is 0. The van der Waals surface area contributed by atoms with Crippen molar-refractivity contribution in [2.75, 3.05) is 5.32 Å². The first kappa shape index (κ1) is 22.6. The maximum atomic E-state index is 12.7. The molecule has 0 atom stereocenters. The Morgan fingerprint density at radius 3 is 2.76 bits per heavy atom. The number of aryl methyl sites for hydroxylation is 1. The normalized spacial score (nSPS) is 10.8. The van der Waals surface area contributed by atoms with Gasteiger partial charge in [0, 0.05) is 23.1 Å². The molecule has 0 saturated carbocycles. The number of halogens is 1. The van der Waals surface area contributed by atoms with Gasteiger partial charge in [-0.25, -0.2) is 9.78 Å². The third kappa shape index (κ3) is 5.27. The fraction of sp³-hybridized carbons (Fsp3) is 0.174. The van der Waals surface area contributed by atoms with Crippen LogP contribution in [0.1, 0.15) is 44.8 Å². The lowest BCUT2D eigenvalue weighted by Crippen LogP contribution is -2.18. The number of anilines is 1. The molecule has 168 valence electrons. The van der Waals surface area contributed by atoms with Crippen molar-refractivity contribution >= 4 is 45.5 Å². The highest BCUT2D eigenvalue weighted by Gasteiger charge is 2.17. The number of esters is 1. The van der Waals surface area contributed by atoms with Crippen molar-refractivity contribution in [1.29, 1.82) is 0 Å². The van der Waals surface area contributed by atoms with Gasteiger partial charge in [0.25, 0.3) is 11.5 Å².